The van der Waals surface area contributed by atoms with Gasteiger partial charge in [-0.25, -0.2) is 4.58 Å². The quantitative estimate of drug-likeness (QED) is 0.0321. The fourth-order valence-corrected chi connectivity index (χ4v) is 5.77. The standard InChI is InChI=1S/C34H42N4O4P.2C3H7.Ni/c1-6-37(7-2)25-15-17-29-31(23-25)42-32-24-26(38(8-3)9-4)16-18-30(32)33(29)27-13-10-11-14-28(27)34(39)36(5)20-22-41-43-40-21-12-19-35;2*1-3-2;/h10-11,13-18,23-24,43H,6-9,12,20-22H2,1-5H3;2*1,3H2,2H3;/q+1;2*-1;+2. The molecule has 1 heterocycles. The Hall–Kier alpha value is -3.27. The minimum atomic E-state index is -0.159. The van der Waals surface area contributed by atoms with E-state index in [1.54, 1.807) is 11.9 Å². The van der Waals surface area contributed by atoms with Gasteiger partial charge in [0.15, 0.2) is 9.03 Å². The molecule has 0 fully saturated rings. The molecular formula is C40H56N4NiO4P+. The van der Waals surface area contributed by atoms with Crippen LogP contribution in [0.15, 0.2) is 65.1 Å². The molecule has 0 spiro atoms. The smallest absolute Gasteiger partial charge is 0.456 e. The van der Waals surface area contributed by atoms with Crippen molar-refractivity contribution in [2.24, 2.45) is 0 Å². The maximum Gasteiger partial charge on any atom is 2.00 e. The fourth-order valence-electron chi connectivity index (χ4n) is 5.33. The summed E-state index contributed by atoms with van der Waals surface area (Å²) in [6, 6.07) is 22.6. The minimum absolute atomic E-state index is 0. The zero-order chi connectivity index (χ0) is 36.2. The Kier molecular flexibility index (Phi) is 22.2. The molecule has 274 valence electrons. The second-order valence-corrected chi connectivity index (χ2v) is 11.9. The molecule has 2 aliphatic rings. The second kappa shape index (κ2) is 24.8. The predicted molar refractivity (Wildman–Crippen MR) is 207 cm³/mol. The number of carbonyl (C=O) groups excluding carboxylic acids is 1. The molecular weight excluding hydrogens is 690 g/mol. The van der Waals surface area contributed by atoms with Crippen LogP contribution in [-0.2, 0) is 25.5 Å². The Balaban J connectivity index is 0.00000166. The molecule has 1 aliphatic carbocycles. The van der Waals surface area contributed by atoms with E-state index >= 15 is 0 Å². The Morgan fingerprint density at radius 3 is 2.16 bits per heavy atom. The van der Waals surface area contributed by atoms with Crippen LogP contribution >= 0.6 is 9.03 Å². The van der Waals surface area contributed by atoms with Crippen molar-refractivity contribution >= 4 is 31.6 Å². The average Bonchev–Trinajstić information content (AvgIpc) is 3.11. The molecule has 0 N–H and O–H groups in total. The molecule has 1 amide bonds. The van der Waals surface area contributed by atoms with Crippen molar-refractivity contribution in [3.63, 3.8) is 0 Å². The van der Waals surface area contributed by atoms with Gasteiger partial charge in [-0.05, 0) is 57.5 Å². The van der Waals surface area contributed by atoms with Crippen molar-refractivity contribution in [2.45, 2.75) is 60.8 Å². The molecule has 4 rings (SSSR count). The number of fused-ring (bicyclic) bond motifs is 2. The van der Waals surface area contributed by atoms with Crippen LogP contribution < -0.4 is 14.8 Å². The number of rotatable bonds is 14. The number of carbonyl (C=O) groups is 1. The number of nitriles is 1. The molecule has 1 atom stereocenters. The summed E-state index contributed by atoms with van der Waals surface area (Å²) in [5, 5.41) is 10.7. The van der Waals surface area contributed by atoms with Gasteiger partial charge in [0.2, 0.25) is 5.36 Å². The van der Waals surface area contributed by atoms with Crippen LogP contribution in [0.1, 0.15) is 71.2 Å². The topological polar surface area (TPSA) is 82.0 Å². The van der Waals surface area contributed by atoms with E-state index in [1.165, 1.54) is 0 Å². The molecule has 50 heavy (non-hydrogen) atoms. The van der Waals surface area contributed by atoms with Gasteiger partial charge in [0.1, 0.15) is 24.4 Å². The molecule has 10 heteroatoms. The van der Waals surface area contributed by atoms with E-state index in [0.717, 1.165) is 83.5 Å². The molecule has 8 nitrogen and oxygen atoms in total. The molecule has 1 unspecified atom stereocenters. The van der Waals surface area contributed by atoms with Gasteiger partial charge in [-0.2, -0.15) is 18.1 Å². The third-order valence-electron chi connectivity index (χ3n) is 7.68. The summed E-state index contributed by atoms with van der Waals surface area (Å²) in [7, 11) is 1.62. The molecule has 1 aliphatic heterocycles. The first-order chi connectivity index (χ1) is 23.8. The summed E-state index contributed by atoms with van der Waals surface area (Å²) >= 11 is 0. The summed E-state index contributed by atoms with van der Waals surface area (Å²) in [6.07, 6.45) is 2.33. The molecule has 0 radical (unpaired) electrons. The summed E-state index contributed by atoms with van der Waals surface area (Å²) in [6.45, 7) is 24.3. The van der Waals surface area contributed by atoms with Gasteiger partial charge >= 0.3 is 16.5 Å². The van der Waals surface area contributed by atoms with E-state index in [1.807, 2.05) is 44.2 Å². The fraction of sp³-hybridized carbons (Fsp3) is 0.425. The Morgan fingerprint density at radius 2 is 1.54 bits per heavy atom. The van der Waals surface area contributed by atoms with Gasteiger partial charge in [0, 0.05) is 66.6 Å². The number of amides is 1. The van der Waals surface area contributed by atoms with Gasteiger partial charge < -0.3 is 37.1 Å². The van der Waals surface area contributed by atoms with Crippen LogP contribution in [0.2, 0.25) is 0 Å². The molecule has 2 aromatic carbocycles. The maximum atomic E-state index is 13.8. The van der Waals surface area contributed by atoms with Gasteiger partial charge in [-0.15, -0.1) is 0 Å². The van der Waals surface area contributed by atoms with Crippen molar-refractivity contribution in [1.29, 1.82) is 5.26 Å². The van der Waals surface area contributed by atoms with Crippen LogP contribution in [0, 0.1) is 25.2 Å². The van der Waals surface area contributed by atoms with Gasteiger partial charge in [-0.3, -0.25) is 4.79 Å². The molecule has 0 aromatic heterocycles. The van der Waals surface area contributed by atoms with E-state index in [2.05, 4.69) is 87.4 Å². The van der Waals surface area contributed by atoms with Crippen LogP contribution in [0.5, 0.6) is 0 Å². The van der Waals surface area contributed by atoms with Crippen molar-refractivity contribution in [3.05, 3.63) is 85.4 Å². The average molecular weight is 747 g/mol. The SMILES string of the molecule is CCN(CC)c1ccc2c(-c3ccccc3C(=O)N(C)CCOPOCCC#N)c3ccc(=[N+](CC)CC)cc-3oc2c1.[CH2-]CC.[CH2-]CC.[Ni+2]. The number of nitrogens with zero attached hydrogens (tertiary/aromatic N) is 4. The first-order valence-electron chi connectivity index (χ1n) is 17.4. The zero-order valence-electron chi connectivity index (χ0n) is 31.0. The molecule has 0 saturated heterocycles. The molecule has 0 saturated carbocycles. The Bertz CT molecular complexity index is 1660. The first kappa shape index (κ1) is 44.8. The third-order valence-corrected chi connectivity index (χ3v) is 8.33. The van der Waals surface area contributed by atoms with E-state index in [9.17, 15) is 4.79 Å². The summed E-state index contributed by atoms with van der Waals surface area (Å²) < 4.78 is 19.8. The van der Waals surface area contributed by atoms with Gasteiger partial charge in [-0.1, -0.05) is 32.0 Å². The van der Waals surface area contributed by atoms with Crippen molar-refractivity contribution in [3.8, 4) is 28.5 Å². The van der Waals surface area contributed by atoms with E-state index < -0.39 is 0 Å². The largest absolute Gasteiger partial charge is 2.00 e. The van der Waals surface area contributed by atoms with Crippen LogP contribution in [0.4, 0.5) is 5.69 Å². The van der Waals surface area contributed by atoms with Crippen LogP contribution in [0.25, 0.3) is 33.4 Å². The molecule has 2 aromatic rings. The number of benzene rings is 3. The minimum Gasteiger partial charge on any atom is -0.456 e. The summed E-state index contributed by atoms with van der Waals surface area (Å²) in [4.78, 5) is 17.8. The van der Waals surface area contributed by atoms with Crippen molar-refractivity contribution < 1.29 is 34.8 Å². The third kappa shape index (κ3) is 12.5. The summed E-state index contributed by atoms with van der Waals surface area (Å²) in [5.74, 6) is 0.694. The number of likely N-dealkylation sites (N-methyl/N-ethyl adjacent to an activating group) is 1. The second-order valence-electron chi connectivity index (χ2n) is 11.1. The van der Waals surface area contributed by atoms with E-state index in [-0.39, 0.29) is 31.4 Å². The number of hydrogen-bond acceptors (Lipinski definition) is 6. The van der Waals surface area contributed by atoms with Crippen molar-refractivity contribution in [1.82, 2.24) is 9.48 Å². The Labute approximate surface area is 312 Å². The predicted octanol–water partition coefficient (Wildman–Crippen LogP) is 8.85. The Morgan fingerprint density at radius 1 is 0.900 bits per heavy atom. The normalized spacial score (nSPS) is 10.5. The zero-order valence-corrected chi connectivity index (χ0v) is 33.0. The van der Waals surface area contributed by atoms with Gasteiger partial charge in [0.25, 0.3) is 5.91 Å². The monoisotopic (exact) mass is 745 g/mol. The maximum absolute atomic E-state index is 13.8. The van der Waals surface area contributed by atoms with Crippen LogP contribution in [-0.4, -0.2) is 63.8 Å². The first-order valence-corrected chi connectivity index (χ1v) is 18.2. The molecule has 0 bridgehead atoms. The van der Waals surface area contributed by atoms with Gasteiger partial charge in [0.05, 0.1) is 31.8 Å². The summed E-state index contributed by atoms with van der Waals surface area (Å²) in [5.41, 5.74) is 5.30. The van der Waals surface area contributed by atoms with E-state index in [4.69, 9.17) is 18.7 Å². The van der Waals surface area contributed by atoms with Crippen LogP contribution in [0.3, 0.4) is 0 Å². The number of anilines is 1. The number of hydrogen-bond donors (Lipinski definition) is 0. The van der Waals surface area contributed by atoms with E-state index in [0.29, 0.717) is 31.7 Å². The van der Waals surface area contributed by atoms with Crippen molar-refractivity contribution in [2.75, 3.05) is 57.9 Å².